The van der Waals surface area contributed by atoms with E-state index in [4.69, 9.17) is 43.8 Å². The molecular weight excluding hydrogens is 403 g/mol. The molecule has 0 fully saturated rings. The Morgan fingerprint density at radius 2 is 2.11 bits per heavy atom. The molecule has 0 unspecified atom stereocenters. The molecule has 0 aliphatic rings. The van der Waals surface area contributed by atoms with Crippen molar-refractivity contribution in [2.75, 3.05) is 13.7 Å². The Bertz CT molecular complexity index is 910. The maximum atomic E-state index is 12.2. The summed E-state index contributed by atoms with van der Waals surface area (Å²) in [5.41, 5.74) is 2.99. The number of nitrogens with one attached hydrogen (secondary N) is 1. The number of halogens is 2. The minimum Gasteiger partial charge on any atom is -0.493 e. The topological polar surface area (TPSA) is 69.2 Å². The normalized spacial score (nSPS) is 11.5. The second-order valence-corrected chi connectivity index (χ2v) is 6.28. The molecule has 1 amide bonds. The Labute approximate surface area is 173 Å². The molecule has 2 rings (SSSR count). The van der Waals surface area contributed by atoms with Crippen LogP contribution in [-0.2, 0) is 4.79 Å². The second-order valence-electron chi connectivity index (χ2n) is 5.44. The highest BCUT2D eigenvalue weighted by Crippen LogP contribution is 2.30. The lowest BCUT2D eigenvalue weighted by Crippen LogP contribution is -2.33. The van der Waals surface area contributed by atoms with E-state index >= 15 is 0 Å². The zero-order chi connectivity index (χ0) is 20.5. The van der Waals surface area contributed by atoms with E-state index in [1.54, 1.807) is 37.3 Å². The van der Waals surface area contributed by atoms with Crippen LogP contribution in [0.2, 0.25) is 10.0 Å². The average Bonchev–Trinajstić information content (AvgIpc) is 2.68. The summed E-state index contributed by atoms with van der Waals surface area (Å²) in [4.78, 5) is 12.2. The molecule has 0 aliphatic heterocycles. The van der Waals surface area contributed by atoms with Gasteiger partial charge in [0, 0.05) is 10.6 Å². The number of nitrogens with zero attached hydrogens (tertiary/aromatic N) is 1. The molecule has 0 saturated carbocycles. The van der Waals surface area contributed by atoms with Crippen LogP contribution in [0.15, 0.2) is 41.5 Å². The van der Waals surface area contributed by atoms with Gasteiger partial charge in [-0.2, -0.15) is 5.10 Å². The number of hydrogen-bond donors (Lipinski definition) is 1. The monoisotopic (exact) mass is 420 g/mol. The molecule has 0 bridgehead atoms. The molecule has 1 atom stereocenters. The second kappa shape index (κ2) is 10.5. The molecule has 1 N–H and O–H groups in total. The van der Waals surface area contributed by atoms with Crippen molar-refractivity contribution in [2.24, 2.45) is 5.10 Å². The Hall–Kier alpha value is -2.88. The number of benzene rings is 2. The van der Waals surface area contributed by atoms with Crippen molar-refractivity contribution in [1.29, 1.82) is 0 Å². The molecule has 6 nitrogen and oxygen atoms in total. The highest BCUT2D eigenvalue weighted by Gasteiger charge is 2.16. The molecule has 28 heavy (non-hydrogen) atoms. The van der Waals surface area contributed by atoms with E-state index in [2.05, 4.69) is 16.4 Å². The number of hydrogen-bond acceptors (Lipinski definition) is 5. The maximum absolute atomic E-state index is 12.2. The van der Waals surface area contributed by atoms with Crippen LogP contribution in [0.25, 0.3) is 0 Å². The van der Waals surface area contributed by atoms with Crippen molar-refractivity contribution in [1.82, 2.24) is 5.43 Å². The fourth-order valence-corrected chi connectivity index (χ4v) is 2.59. The Morgan fingerprint density at radius 1 is 1.32 bits per heavy atom. The molecule has 0 aliphatic carbocycles. The summed E-state index contributed by atoms with van der Waals surface area (Å²) >= 11 is 11.9. The summed E-state index contributed by atoms with van der Waals surface area (Å²) in [5, 5.41) is 4.72. The van der Waals surface area contributed by atoms with Gasteiger partial charge in [-0.05, 0) is 37.3 Å². The Balaban J connectivity index is 2.03. The third-order valence-corrected chi connectivity index (χ3v) is 4.00. The standard InChI is InChI=1S/C20H18Cl2N2O4/c1-4-10-27-19-14(6-5-7-18(19)26-3)12-23-24-20(25)13(2)28-17-9-8-15(21)11-16(17)22/h1,5-9,11-13H,10H2,2-3H3,(H,24,25)/b23-12-/t13-/m0/s1. The van der Waals surface area contributed by atoms with E-state index in [1.165, 1.54) is 19.4 Å². The number of carbonyl (C=O) groups excluding carboxylic acids is 1. The molecular formula is C20H18Cl2N2O4. The van der Waals surface area contributed by atoms with Crippen LogP contribution >= 0.6 is 23.2 Å². The Kier molecular flexibility index (Phi) is 8.00. The van der Waals surface area contributed by atoms with Gasteiger partial charge in [0.1, 0.15) is 12.4 Å². The molecule has 146 valence electrons. The van der Waals surface area contributed by atoms with E-state index in [1.807, 2.05) is 0 Å². The highest BCUT2D eigenvalue weighted by atomic mass is 35.5. The van der Waals surface area contributed by atoms with E-state index in [0.717, 1.165) is 0 Å². The summed E-state index contributed by atoms with van der Waals surface area (Å²) in [6.45, 7) is 1.64. The first-order chi connectivity index (χ1) is 13.5. The number of hydrazone groups is 1. The van der Waals surface area contributed by atoms with Gasteiger partial charge in [0.05, 0.1) is 18.3 Å². The van der Waals surface area contributed by atoms with E-state index < -0.39 is 12.0 Å². The molecule has 0 radical (unpaired) electrons. The van der Waals surface area contributed by atoms with Gasteiger partial charge in [-0.15, -0.1) is 6.42 Å². The number of ether oxygens (including phenoxy) is 3. The average molecular weight is 421 g/mol. The van der Waals surface area contributed by atoms with E-state index in [9.17, 15) is 4.79 Å². The van der Waals surface area contributed by atoms with Crippen LogP contribution in [0.3, 0.4) is 0 Å². The zero-order valence-corrected chi connectivity index (χ0v) is 16.8. The number of methoxy groups -OCH3 is 1. The van der Waals surface area contributed by atoms with Crippen LogP contribution in [0.1, 0.15) is 12.5 Å². The summed E-state index contributed by atoms with van der Waals surface area (Å²) < 4.78 is 16.3. The fraction of sp³-hybridized carbons (Fsp3) is 0.200. The third-order valence-electron chi connectivity index (χ3n) is 3.47. The number of rotatable bonds is 8. The van der Waals surface area contributed by atoms with Gasteiger partial charge >= 0.3 is 0 Å². The number of amides is 1. The van der Waals surface area contributed by atoms with Crippen molar-refractivity contribution < 1.29 is 19.0 Å². The van der Waals surface area contributed by atoms with Gasteiger partial charge in [-0.3, -0.25) is 4.79 Å². The fourth-order valence-electron chi connectivity index (χ4n) is 2.13. The number of para-hydroxylation sites is 1. The lowest BCUT2D eigenvalue weighted by atomic mass is 10.2. The molecule has 8 heteroatoms. The van der Waals surface area contributed by atoms with Crippen molar-refractivity contribution in [3.8, 4) is 29.6 Å². The molecule has 0 spiro atoms. The summed E-state index contributed by atoms with van der Waals surface area (Å²) in [5.74, 6) is 3.20. The summed E-state index contributed by atoms with van der Waals surface area (Å²) in [6, 6.07) is 9.97. The molecule has 0 saturated heterocycles. The first kappa shape index (κ1) is 21.4. The van der Waals surface area contributed by atoms with Crippen LogP contribution in [-0.4, -0.2) is 31.9 Å². The number of terminal acetylenes is 1. The smallest absolute Gasteiger partial charge is 0.280 e. The minimum absolute atomic E-state index is 0.0697. The molecule has 0 aromatic heterocycles. The quantitative estimate of drug-likeness (QED) is 0.399. The van der Waals surface area contributed by atoms with Crippen LogP contribution in [0.5, 0.6) is 17.2 Å². The SMILES string of the molecule is C#CCOc1c(/C=N\NC(=O)[C@H](C)Oc2ccc(Cl)cc2Cl)cccc1OC. The lowest BCUT2D eigenvalue weighted by molar-refractivity contribution is -0.127. The zero-order valence-electron chi connectivity index (χ0n) is 15.2. The van der Waals surface area contributed by atoms with E-state index in [-0.39, 0.29) is 6.61 Å². The van der Waals surface area contributed by atoms with Gasteiger partial charge in [0.15, 0.2) is 17.6 Å². The molecule has 2 aromatic rings. The predicted octanol–water partition coefficient (Wildman–Crippen LogP) is 3.93. The molecule has 0 heterocycles. The Morgan fingerprint density at radius 3 is 2.79 bits per heavy atom. The molecule has 2 aromatic carbocycles. The summed E-state index contributed by atoms with van der Waals surface area (Å²) in [6.07, 6.45) is 5.83. The summed E-state index contributed by atoms with van der Waals surface area (Å²) in [7, 11) is 1.52. The van der Waals surface area contributed by atoms with Gasteiger partial charge in [-0.1, -0.05) is 35.2 Å². The van der Waals surface area contributed by atoms with E-state index in [0.29, 0.717) is 32.9 Å². The van der Waals surface area contributed by atoms with Crippen LogP contribution in [0.4, 0.5) is 0 Å². The van der Waals surface area contributed by atoms with Crippen LogP contribution < -0.4 is 19.6 Å². The maximum Gasteiger partial charge on any atom is 0.280 e. The van der Waals surface area contributed by atoms with Gasteiger partial charge in [0.2, 0.25) is 0 Å². The van der Waals surface area contributed by atoms with Crippen molar-refractivity contribution >= 4 is 35.3 Å². The largest absolute Gasteiger partial charge is 0.493 e. The van der Waals surface area contributed by atoms with Crippen LogP contribution in [0, 0.1) is 12.3 Å². The van der Waals surface area contributed by atoms with Gasteiger partial charge in [-0.25, -0.2) is 5.43 Å². The van der Waals surface area contributed by atoms with Gasteiger partial charge in [0.25, 0.3) is 5.91 Å². The predicted molar refractivity (Wildman–Crippen MR) is 110 cm³/mol. The highest BCUT2D eigenvalue weighted by molar-refractivity contribution is 6.35. The number of carbonyl (C=O) groups is 1. The van der Waals surface area contributed by atoms with Gasteiger partial charge < -0.3 is 14.2 Å². The van der Waals surface area contributed by atoms with Crippen molar-refractivity contribution in [3.63, 3.8) is 0 Å². The first-order valence-corrected chi connectivity index (χ1v) is 8.89. The minimum atomic E-state index is -0.835. The van der Waals surface area contributed by atoms with Crippen molar-refractivity contribution in [2.45, 2.75) is 13.0 Å². The lowest BCUT2D eigenvalue weighted by Gasteiger charge is -2.14. The van der Waals surface area contributed by atoms with Crippen molar-refractivity contribution in [3.05, 3.63) is 52.0 Å². The third kappa shape index (κ3) is 5.81. The first-order valence-electron chi connectivity index (χ1n) is 8.14.